The zero-order valence-electron chi connectivity index (χ0n) is 19.2. The monoisotopic (exact) mass is 494 g/mol. The largest absolute Gasteiger partial charge is 0.495 e. The molecule has 1 N–H and O–H groups in total. The molecule has 2 aromatic heterocycles. The highest BCUT2D eigenvalue weighted by Gasteiger charge is 2.18. The number of nitrogens with one attached hydrogen (secondary N) is 1. The molecule has 1 fully saturated rings. The van der Waals surface area contributed by atoms with Crippen LogP contribution in [0, 0.1) is 10.1 Å². The second-order valence-corrected chi connectivity index (χ2v) is 8.52. The van der Waals surface area contributed by atoms with E-state index in [1.807, 2.05) is 17.8 Å². The molecule has 0 radical (unpaired) electrons. The molecule has 11 heteroatoms. The van der Waals surface area contributed by atoms with Gasteiger partial charge in [0.2, 0.25) is 5.95 Å². The highest BCUT2D eigenvalue weighted by Crippen LogP contribution is 2.36. The van der Waals surface area contributed by atoms with Crippen LogP contribution in [0.25, 0.3) is 22.2 Å². The molecule has 0 amide bonds. The van der Waals surface area contributed by atoms with E-state index in [1.54, 1.807) is 0 Å². The average molecular weight is 495 g/mol. The van der Waals surface area contributed by atoms with Crippen molar-refractivity contribution in [3.63, 3.8) is 0 Å². The Morgan fingerprint density at radius 1 is 1.20 bits per heavy atom. The lowest BCUT2D eigenvalue weighted by Gasteiger charge is -2.29. The number of nitro groups is 1. The summed E-state index contributed by atoms with van der Waals surface area (Å²) in [6, 6.07) is 10.6. The first-order valence-corrected chi connectivity index (χ1v) is 11.4. The van der Waals surface area contributed by atoms with Crippen LogP contribution in [-0.4, -0.2) is 52.9 Å². The zero-order valence-corrected chi connectivity index (χ0v) is 20.0. The van der Waals surface area contributed by atoms with Crippen molar-refractivity contribution in [1.82, 2.24) is 14.5 Å². The fourth-order valence-electron chi connectivity index (χ4n) is 4.22. The number of rotatable bonds is 6. The molecule has 1 aliphatic rings. The molecular formula is C24H23ClN6O4. The molecule has 0 unspecified atom stereocenters. The van der Waals surface area contributed by atoms with E-state index in [0.29, 0.717) is 22.2 Å². The van der Waals surface area contributed by atoms with Gasteiger partial charge < -0.3 is 24.3 Å². The van der Waals surface area contributed by atoms with Gasteiger partial charge in [-0.15, -0.1) is 0 Å². The fourth-order valence-corrected chi connectivity index (χ4v) is 4.42. The lowest BCUT2D eigenvalue weighted by Crippen LogP contribution is -2.36. The number of methoxy groups -OCH3 is 1. The van der Waals surface area contributed by atoms with Crippen molar-refractivity contribution in [2.24, 2.45) is 7.05 Å². The Morgan fingerprint density at radius 2 is 2.00 bits per heavy atom. The minimum atomic E-state index is -0.472. The highest BCUT2D eigenvalue weighted by atomic mass is 35.5. The van der Waals surface area contributed by atoms with Gasteiger partial charge in [0, 0.05) is 55.1 Å². The second kappa shape index (κ2) is 9.40. The Labute approximate surface area is 206 Å². The second-order valence-electron chi connectivity index (χ2n) is 8.11. The van der Waals surface area contributed by atoms with Crippen LogP contribution >= 0.6 is 11.6 Å². The molecule has 2 aromatic carbocycles. The molecule has 180 valence electrons. The SMILES string of the molecule is COc1ccc([N+](=O)[O-])cc1Nc1ncc(Cl)c(-c2cn(C)c3cc(N4CCOCC4)ccc23)n1. The van der Waals surface area contributed by atoms with Crippen molar-refractivity contribution >= 4 is 45.5 Å². The molecular weight excluding hydrogens is 472 g/mol. The van der Waals surface area contributed by atoms with E-state index in [0.717, 1.165) is 48.5 Å². The van der Waals surface area contributed by atoms with E-state index < -0.39 is 4.92 Å². The third-order valence-corrected chi connectivity index (χ3v) is 6.27. The number of nitrogens with zero attached hydrogens (tertiary/aromatic N) is 5. The van der Waals surface area contributed by atoms with Gasteiger partial charge in [0.1, 0.15) is 5.75 Å². The Balaban J connectivity index is 1.52. The topological polar surface area (TPSA) is 108 Å². The van der Waals surface area contributed by atoms with Crippen molar-refractivity contribution in [3.8, 4) is 17.0 Å². The molecule has 5 rings (SSSR count). The molecule has 0 spiro atoms. The van der Waals surface area contributed by atoms with Crippen molar-refractivity contribution < 1.29 is 14.4 Å². The number of aromatic nitrogens is 3. The summed E-state index contributed by atoms with van der Waals surface area (Å²) < 4.78 is 12.8. The van der Waals surface area contributed by atoms with Gasteiger partial charge in [-0.25, -0.2) is 9.97 Å². The molecule has 0 saturated carbocycles. The Morgan fingerprint density at radius 3 is 2.74 bits per heavy atom. The molecule has 4 aromatic rings. The summed E-state index contributed by atoms with van der Waals surface area (Å²) in [5, 5.41) is 15.6. The number of non-ortho nitro benzene ring substituents is 1. The van der Waals surface area contributed by atoms with Gasteiger partial charge in [-0.3, -0.25) is 10.1 Å². The summed E-state index contributed by atoms with van der Waals surface area (Å²) in [4.78, 5) is 22.0. The molecule has 10 nitrogen and oxygen atoms in total. The number of hydrogen-bond acceptors (Lipinski definition) is 8. The first-order chi connectivity index (χ1) is 16.9. The first-order valence-electron chi connectivity index (χ1n) is 11.0. The standard InChI is InChI=1S/C24H23ClN6O4/c1-29-14-18(17-5-3-15(12-21(17)29)30-7-9-35-10-8-30)23-19(25)13-26-24(28-23)27-20-11-16(31(32)33)4-6-22(20)34-2/h3-6,11-14H,7-10H2,1-2H3,(H,26,27,28). The predicted octanol–water partition coefficient (Wildman–Crippen LogP) is 4.79. The van der Waals surface area contributed by atoms with Crippen LogP contribution in [0.5, 0.6) is 5.75 Å². The van der Waals surface area contributed by atoms with E-state index in [1.165, 1.54) is 31.5 Å². The van der Waals surface area contributed by atoms with Crippen molar-refractivity contribution in [2.45, 2.75) is 0 Å². The van der Waals surface area contributed by atoms with Crippen LogP contribution < -0.4 is 15.0 Å². The number of ether oxygens (including phenoxy) is 2. The lowest BCUT2D eigenvalue weighted by molar-refractivity contribution is -0.384. The molecule has 0 atom stereocenters. The summed E-state index contributed by atoms with van der Waals surface area (Å²) in [6.45, 7) is 3.16. The van der Waals surface area contributed by atoms with Gasteiger partial charge in [-0.2, -0.15) is 0 Å². The summed E-state index contributed by atoms with van der Waals surface area (Å²) in [7, 11) is 3.47. The Bertz CT molecular complexity index is 1420. The normalized spacial score (nSPS) is 13.7. The van der Waals surface area contributed by atoms with Gasteiger partial charge in [0.05, 0.1) is 53.4 Å². The van der Waals surface area contributed by atoms with Gasteiger partial charge in [0.15, 0.2) is 0 Å². The lowest BCUT2D eigenvalue weighted by atomic mass is 10.1. The number of hydrogen-bond donors (Lipinski definition) is 1. The molecule has 3 heterocycles. The minimum absolute atomic E-state index is 0.0763. The van der Waals surface area contributed by atoms with E-state index in [9.17, 15) is 10.1 Å². The number of anilines is 3. The third-order valence-electron chi connectivity index (χ3n) is 5.99. The Hall–Kier alpha value is -3.89. The molecule has 0 bridgehead atoms. The summed E-state index contributed by atoms with van der Waals surface area (Å²) in [5.41, 5.74) is 3.91. The number of halogens is 1. The minimum Gasteiger partial charge on any atom is -0.495 e. The van der Waals surface area contributed by atoms with E-state index in [4.69, 9.17) is 21.1 Å². The molecule has 1 saturated heterocycles. The van der Waals surface area contributed by atoms with Gasteiger partial charge in [-0.1, -0.05) is 17.7 Å². The van der Waals surface area contributed by atoms with E-state index in [2.05, 4.69) is 38.4 Å². The van der Waals surface area contributed by atoms with E-state index >= 15 is 0 Å². The number of fused-ring (bicyclic) bond motifs is 1. The van der Waals surface area contributed by atoms with Crippen LogP contribution in [0.4, 0.5) is 23.0 Å². The summed E-state index contributed by atoms with van der Waals surface area (Å²) >= 11 is 6.52. The number of nitro benzene ring substituents is 1. The van der Waals surface area contributed by atoms with Crippen molar-refractivity contribution in [2.75, 3.05) is 43.6 Å². The van der Waals surface area contributed by atoms with Crippen molar-refractivity contribution in [3.05, 3.63) is 63.9 Å². The fraction of sp³-hybridized carbons (Fsp3) is 0.250. The Kier molecular flexibility index (Phi) is 6.14. The first kappa shape index (κ1) is 22.9. The molecule has 35 heavy (non-hydrogen) atoms. The molecule has 0 aliphatic carbocycles. The van der Waals surface area contributed by atoms with E-state index in [-0.39, 0.29) is 11.6 Å². The zero-order chi connectivity index (χ0) is 24.5. The van der Waals surface area contributed by atoms with Crippen molar-refractivity contribution in [1.29, 1.82) is 0 Å². The highest BCUT2D eigenvalue weighted by molar-refractivity contribution is 6.33. The smallest absolute Gasteiger partial charge is 0.271 e. The summed E-state index contributed by atoms with van der Waals surface area (Å²) in [5.74, 6) is 0.668. The number of benzene rings is 2. The molecule has 1 aliphatic heterocycles. The van der Waals surface area contributed by atoms with Crippen LogP contribution in [0.3, 0.4) is 0 Å². The van der Waals surface area contributed by atoms with Crippen LogP contribution in [0.15, 0.2) is 48.8 Å². The average Bonchev–Trinajstić information content (AvgIpc) is 3.21. The predicted molar refractivity (Wildman–Crippen MR) is 135 cm³/mol. The van der Waals surface area contributed by atoms with Crippen LogP contribution in [0.2, 0.25) is 5.02 Å². The number of aryl methyl sites for hydroxylation is 1. The summed E-state index contributed by atoms with van der Waals surface area (Å²) in [6.07, 6.45) is 3.50. The van der Waals surface area contributed by atoms with Gasteiger partial charge in [0.25, 0.3) is 5.69 Å². The maximum atomic E-state index is 11.2. The van der Waals surface area contributed by atoms with Gasteiger partial charge >= 0.3 is 0 Å². The maximum absolute atomic E-state index is 11.2. The third kappa shape index (κ3) is 4.45. The van der Waals surface area contributed by atoms with Gasteiger partial charge in [-0.05, 0) is 18.2 Å². The van der Waals surface area contributed by atoms with Crippen LogP contribution in [-0.2, 0) is 11.8 Å². The quantitative estimate of drug-likeness (QED) is 0.301. The maximum Gasteiger partial charge on any atom is 0.271 e. The van der Waals surface area contributed by atoms with Crippen LogP contribution in [0.1, 0.15) is 0 Å². The number of morpholine rings is 1.